The fourth-order valence-corrected chi connectivity index (χ4v) is 3.61. The predicted octanol–water partition coefficient (Wildman–Crippen LogP) is 2.91. The molecule has 3 aromatic rings. The molecule has 0 radical (unpaired) electrons. The number of hydrogen-bond donors (Lipinski definition) is 1. The molecule has 1 atom stereocenters. The molecule has 27 heavy (non-hydrogen) atoms. The molecule has 3 aromatic carbocycles. The molecule has 4 rings (SSSR count). The van der Waals surface area contributed by atoms with Crippen molar-refractivity contribution in [2.24, 2.45) is 0 Å². The molecular formula is C22H10O5. The Labute approximate surface area is 152 Å². The zero-order valence-corrected chi connectivity index (χ0v) is 13.8. The number of carbonyl (C=O) groups is 1. The van der Waals surface area contributed by atoms with Crippen molar-refractivity contribution < 1.29 is 24.3 Å². The van der Waals surface area contributed by atoms with E-state index in [1.807, 2.05) is 36.4 Å². The summed E-state index contributed by atoms with van der Waals surface area (Å²) in [5.41, 5.74) is -0.479. The largest absolute Gasteiger partial charge is 0.481 e. The molecule has 0 spiro atoms. The van der Waals surface area contributed by atoms with Gasteiger partial charge in [-0.1, -0.05) is 24.3 Å². The van der Waals surface area contributed by atoms with E-state index in [1.54, 1.807) is 18.1 Å². The molecule has 128 valence electrons. The second-order valence-electron chi connectivity index (χ2n) is 6.23. The molecule has 0 heterocycles. The van der Waals surface area contributed by atoms with Crippen LogP contribution in [0.15, 0.2) is 59.7 Å². The van der Waals surface area contributed by atoms with Gasteiger partial charge in [-0.3, -0.25) is 4.79 Å². The van der Waals surface area contributed by atoms with Crippen molar-refractivity contribution in [3.05, 3.63) is 70.8 Å². The van der Waals surface area contributed by atoms with E-state index in [4.69, 9.17) is 0 Å². The first-order valence-corrected chi connectivity index (χ1v) is 8.04. The number of benzene rings is 3. The SMILES string of the molecule is O=C=C1C(=C=O)c2cc3cc4ccccc4cc3cc2C(C(=O)O)C1=C=O. The van der Waals surface area contributed by atoms with Crippen molar-refractivity contribution in [3.63, 3.8) is 0 Å². The van der Waals surface area contributed by atoms with Crippen molar-refractivity contribution in [1.29, 1.82) is 0 Å². The Morgan fingerprint density at radius 2 is 1.37 bits per heavy atom. The second kappa shape index (κ2) is 6.06. The minimum absolute atomic E-state index is 0.175. The molecule has 1 aliphatic carbocycles. The number of carboxylic acid groups (broad SMARTS) is 1. The maximum absolute atomic E-state index is 11.8. The molecule has 5 nitrogen and oxygen atoms in total. The van der Waals surface area contributed by atoms with Crippen molar-refractivity contribution in [2.45, 2.75) is 5.92 Å². The number of aliphatic carboxylic acids is 1. The van der Waals surface area contributed by atoms with Crippen molar-refractivity contribution in [1.82, 2.24) is 0 Å². The van der Waals surface area contributed by atoms with Gasteiger partial charge in [-0.05, 0) is 56.9 Å². The molecule has 1 N–H and O–H groups in total. The van der Waals surface area contributed by atoms with Gasteiger partial charge < -0.3 is 5.11 Å². The summed E-state index contributed by atoms with van der Waals surface area (Å²) in [5.74, 6) is 1.97. The van der Waals surface area contributed by atoms with Gasteiger partial charge in [0.2, 0.25) is 0 Å². The smallest absolute Gasteiger partial charge is 0.316 e. The molecule has 5 heteroatoms. The highest BCUT2D eigenvalue weighted by Crippen LogP contribution is 2.44. The first-order chi connectivity index (χ1) is 13.1. The van der Waals surface area contributed by atoms with Crippen LogP contribution in [0.5, 0.6) is 0 Å². The fourth-order valence-electron chi connectivity index (χ4n) is 3.61. The van der Waals surface area contributed by atoms with Crippen LogP contribution in [0.2, 0.25) is 0 Å². The van der Waals surface area contributed by atoms with Crippen LogP contribution < -0.4 is 0 Å². The van der Waals surface area contributed by atoms with Crippen LogP contribution in [-0.4, -0.2) is 28.9 Å². The zero-order valence-electron chi connectivity index (χ0n) is 13.8. The highest BCUT2D eigenvalue weighted by molar-refractivity contribution is 6.13. The molecule has 0 bridgehead atoms. The highest BCUT2D eigenvalue weighted by atomic mass is 16.4. The Morgan fingerprint density at radius 1 is 0.778 bits per heavy atom. The fraction of sp³-hybridized carbons (Fsp3) is 0.0455. The van der Waals surface area contributed by atoms with Crippen LogP contribution in [-0.2, 0) is 19.2 Å². The number of rotatable bonds is 1. The lowest BCUT2D eigenvalue weighted by atomic mass is 9.74. The van der Waals surface area contributed by atoms with Crippen LogP contribution in [0.1, 0.15) is 17.0 Å². The van der Waals surface area contributed by atoms with Crippen LogP contribution in [0.25, 0.3) is 27.1 Å². The van der Waals surface area contributed by atoms with E-state index in [-0.39, 0.29) is 16.7 Å². The summed E-state index contributed by atoms with van der Waals surface area (Å²) in [6, 6.07) is 14.8. The van der Waals surface area contributed by atoms with Gasteiger partial charge in [-0.15, -0.1) is 0 Å². The van der Waals surface area contributed by atoms with E-state index in [2.05, 4.69) is 0 Å². The summed E-state index contributed by atoms with van der Waals surface area (Å²) in [7, 11) is 0. The summed E-state index contributed by atoms with van der Waals surface area (Å²) in [5, 5.41) is 13.1. The minimum Gasteiger partial charge on any atom is -0.481 e. The Bertz CT molecular complexity index is 1310. The van der Waals surface area contributed by atoms with Crippen LogP contribution in [0, 0.1) is 0 Å². The van der Waals surface area contributed by atoms with Gasteiger partial charge >= 0.3 is 5.97 Å². The van der Waals surface area contributed by atoms with E-state index < -0.39 is 23.0 Å². The lowest BCUT2D eigenvalue weighted by molar-refractivity contribution is -0.137. The molecule has 0 saturated carbocycles. The van der Waals surface area contributed by atoms with Gasteiger partial charge in [0.1, 0.15) is 23.7 Å². The van der Waals surface area contributed by atoms with E-state index in [0.717, 1.165) is 21.5 Å². The normalized spacial score (nSPS) is 15.9. The minimum atomic E-state index is -1.40. The van der Waals surface area contributed by atoms with Crippen molar-refractivity contribution in [3.8, 4) is 0 Å². The molecule has 0 amide bonds. The van der Waals surface area contributed by atoms with Crippen LogP contribution in [0.4, 0.5) is 0 Å². The van der Waals surface area contributed by atoms with Crippen molar-refractivity contribution in [2.75, 3.05) is 0 Å². The topological polar surface area (TPSA) is 88.5 Å². The summed E-state index contributed by atoms with van der Waals surface area (Å²) in [6.07, 6.45) is 0. The van der Waals surface area contributed by atoms with Gasteiger partial charge in [0.25, 0.3) is 0 Å². The lowest BCUT2D eigenvalue weighted by Crippen LogP contribution is -2.23. The quantitative estimate of drug-likeness (QED) is 0.536. The molecular weight excluding hydrogens is 344 g/mol. The first kappa shape index (κ1) is 16.5. The first-order valence-electron chi connectivity index (χ1n) is 8.04. The van der Waals surface area contributed by atoms with Gasteiger partial charge in [0.05, 0.1) is 16.7 Å². The number of hydrogen-bond acceptors (Lipinski definition) is 4. The van der Waals surface area contributed by atoms with Gasteiger partial charge in [-0.2, -0.15) is 0 Å². The monoisotopic (exact) mass is 354 g/mol. The second-order valence-corrected chi connectivity index (χ2v) is 6.23. The molecule has 0 saturated heterocycles. The Balaban J connectivity index is 2.16. The summed E-state index contributed by atoms with van der Waals surface area (Å²) in [4.78, 5) is 46.1. The van der Waals surface area contributed by atoms with Crippen molar-refractivity contribution >= 4 is 50.9 Å². The molecule has 1 unspecified atom stereocenters. The standard InChI is InChI=1S/C22H10O5/c23-9-18-16-7-14-5-12-3-1-2-4-13(12)6-15(14)8-17(16)21(22(26)27)20(11-25)19(18)10-24/h1-8,21H,(H,26,27). The Hall–Kier alpha value is -4.00. The molecule has 0 aliphatic heterocycles. The highest BCUT2D eigenvalue weighted by Gasteiger charge is 2.39. The van der Waals surface area contributed by atoms with Gasteiger partial charge in [-0.25, -0.2) is 14.4 Å². The van der Waals surface area contributed by atoms with E-state index in [9.17, 15) is 24.3 Å². The molecule has 0 aromatic heterocycles. The van der Waals surface area contributed by atoms with Crippen LogP contribution in [0.3, 0.4) is 0 Å². The molecule has 1 aliphatic rings. The Morgan fingerprint density at radius 3 is 1.89 bits per heavy atom. The number of allylic oxidation sites excluding steroid dienone is 2. The average Bonchev–Trinajstić information content (AvgIpc) is 2.68. The van der Waals surface area contributed by atoms with Crippen LogP contribution >= 0.6 is 0 Å². The molecule has 0 fully saturated rings. The lowest BCUT2D eigenvalue weighted by Gasteiger charge is -2.25. The third-order valence-electron chi connectivity index (χ3n) is 4.82. The number of carbonyl (C=O) groups excluding carboxylic acids is 3. The maximum atomic E-state index is 11.8. The van der Waals surface area contributed by atoms with Gasteiger partial charge in [0, 0.05) is 0 Å². The van der Waals surface area contributed by atoms with E-state index in [0.29, 0.717) is 0 Å². The zero-order chi connectivity index (χ0) is 19.1. The summed E-state index contributed by atoms with van der Waals surface area (Å²) < 4.78 is 0. The third-order valence-corrected chi connectivity index (χ3v) is 4.82. The maximum Gasteiger partial charge on any atom is 0.316 e. The third kappa shape index (κ3) is 2.36. The van der Waals surface area contributed by atoms with Gasteiger partial charge in [0.15, 0.2) is 0 Å². The number of carboxylic acids is 1. The van der Waals surface area contributed by atoms with E-state index in [1.165, 1.54) is 11.9 Å². The van der Waals surface area contributed by atoms with E-state index >= 15 is 0 Å². The average molecular weight is 354 g/mol. The predicted molar refractivity (Wildman–Crippen MR) is 99.3 cm³/mol. The number of fused-ring (bicyclic) bond motifs is 3. The Kier molecular flexibility index (Phi) is 3.70. The summed E-state index contributed by atoms with van der Waals surface area (Å²) in [6.45, 7) is 0. The summed E-state index contributed by atoms with van der Waals surface area (Å²) >= 11 is 0.